The second-order valence-corrected chi connectivity index (χ2v) is 6.39. The molecule has 1 aromatic rings. The zero-order chi connectivity index (χ0) is 16.5. The third-order valence-corrected chi connectivity index (χ3v) is 4.39. The maximum absolute atomic E-state index is 11.8. The molecule has 1 aliphatic rings. The summed E-state index contributed by atoms with van der Waals surface area (Å²) in [5, 5.41) is 13.9. The Bertz CT molecular complexity index is 515. The van der Waals surface area contributed by atoms with E-state index in [9.17, 15) is 9.59 Å². The number of carbonyl (C=O) groups is 2. The molecule has 128 valence electrons. The van der Waals surface area contributed by atoms with Crippen molar-refractivity contribution in [1.29, 1.82) is 0 Å². The number of carbonyl (C=O) groups excluding carboxylic acids is 1. The van der Waals surface area contributed by atoms with Crippen molar-refractivity contribution in [2.75, 3.05) is 31.6 Å². The van der Waals surface area contributed by atoms with Crippen LogP contribution in [0.25, 0.3) is 0 Å². The standard InChI is InChI=1S/C15H23N3O4S/c19-13(4-2-1-3-5-14(20)21)17-15-16-12(11-23-15)10-18-6-8-22-9-7-18/h11H,1-10H2,(H,20,21)(H,16,17,19). The first-order chi connectivity index (χ1) is 11.1. The first-order valence-corrected chi connectivity index (χ1v) is 8.77. The van der Waals surface area contributed by atoms with Gasteiger partial charge in [0.2, 0.25) is 5.91 Å². The minimum absolute atomic E-state index is 0.0624. The number of carboxylic acids is 1. The summed E-state index contributed by atoms with van der Waals surface area (Å²) < 4.78 is 5.31. The molecule has 0 aromatic carbocycles. The number of thiazole rings is 1. The number of nitrogens with one attached hydrogen (secondary N) is 1. The number of morpholine rings is 1. The fourth-order valence-corrected chi connectivity index (χ4v) is 3.06. The Hall–Kier alpha value is -1.51. The average Bonchev–Trinajstić information content (AvgIpc) is 2.94. The summed E-state index contributed by atoms with van der Waals surface area (Å²) in [6.07, 6.45) is 2.63. The quantitative estimate of drug-likeness (QED) is 0.667. The maximum Gasteiger partial charge on any atom is 0.303 e. The van der Waals surface area contributed by atoms with Gasteiger partial charge in [0.25, 0.3) is 0 Å². The van der Waals surface area contributed by atoms with Gasteiger partial charge in [-0.2, -0.15) is 0 Å². The highest BCUT2D eigenvalue weighted by Gasteiger charge is 2.13. The van der Waals surface area contributed by atoms with E-state index in [1.807, 2.05) is 5.38 Å². The second kappa shape index (κ2) is 9.59. The number of rotatable bonds is 9. The van der Waals surface area contributed by atoms with Crippen LogP contribution in [0.2, 0.25) is 0 Å². The lowest BCUT2D eigenvalue weighted by Gasteiger charge is -2.25. The number of aromatic nitrogens is 1. The largest absolute Gasteiger partial charge is 0.481 e. The Morgan fingerprint density at radius 3 is 2.74 bits per heavy atom. The molecule has 2 heterocycles. The van der Waals surface area contributed by atoms with Crippen LogP contribution >= 0.6 is 11.3 Å². The number of unbranched alkanes of at least 4 members (excludes halogenated alkanes) is 2. The summed E-state index contributed by atoms with van der Waals surface area (Å²) >= 11 is 1.44. The summed E-state index contributed by atoms with van der Waals surface area (Å²) in [6.45, 7) is 4.13. The van der Waals surface area contributed by atoms with Gasteiger partial charge in [0.1, 0.15) is 0 Å². The van der Waals surface area contributed by atoms with Gasteiger partial charge in [0.15, 0.2) is 5.13 Å². The lowest BCUT2D eigenvalue weighted by Crippen LogP contribution is -2.35. The molecule has 1 aliphatic heterocycles. The zero-order valence-corrected chi connectivity index (χ0v) is 13.9. The fourth-order valence-electron chi connectivity index (χ4n) is 2.35. The number of hydrogen-bond acceptors (Lipinski definition) is 6. The van der Waals surface area contributed by atoms with Crippen LogP contribution in [0.4, 0.5) is 5.13 Å². The van der Waals surface area contributed by atoms with Gasteiger partial charge in [-0.05, 0) is 12.8 Å². The minimum Gasteiger partial charge on any atom is -0.481 e. The van der Waals surface area contributed by atoms with E-state index in [2.05, 4.69) is 15.2 Å². The SMILES string of the molecule is O=C(O)CCCCCC(=O)Nc1nc(CN2CCOCC2)cs1. The molecule has 0 aliphatic carbocycles. The number of hydrogen-bond donors (Lipinski definition) is 2. The number of nitrogens with zero attached hydrogens (tertiary/aromatic N) is 2. The molecule has 1 fully saturated rings. The first kappa shape index (κ1) is 17.8. The topological polar surface area (TPSA) is 91.8 Å². The molecule has 1 saturated heterocycles. The van der Waals surface area contributed by atoms with E-state index < -0.39 is 5.97 Å². The highest BCUT2D eigenvalue weighted by Crippen LogP contribution is 2.18. The van der Waals surface area contributed by atoms with Crippen LogP contribution in [0.1, 0.15) is 37.8 Å². The predicted octanol–water partition coefficient (Wildman–Crippen LogP) is 1.95. The molecular weight excluding hydrogens is 318 g/mol. The molecule has 23 heavy (non-hydrogen) atoms. The van der Waals surface area contributed by atoms with Crippen molar-refractivity contribution in [1.82, 2.24) is 9.88 Å². The molecule has 1 amide bonds. The summed E-state index contributed by atoms with van der Waals surface area (Å²) in [7, 11) is 0. The van der Waals surface area contributed by atoms with E-state index in [4.69, 9.17) is 9.84 Å². The Labute approximate surface area is 139 Å². The van der Waals surface area contributed by atoms with Crippen LogP contribution in [-0.2, 0) is 20.9 Å². The molecule has 0 bridgehead atoms. The van der Waals surface area contributed by atoms with Crippen molar-refractivity contribution in [2.45, 2.75) is 38.6 Å². The Morgan fingerprint density at radius 2 is 2.00 bits per heavy atom. The first-order valence-electron chi connectivity index (χ1n) is 7.89. The van der Waals surface area contributed by atoms with Gasteiger partial charge >= 0.3 is 5.97 Å². The van der Waals surface area contributed by atoms with Crippen LogP contribution in [0.5, 0.6) is 0 Å². The highest BCUT2D eigenvalue weighted by molar-refractivity contribution is 7.13. The average molecular weight is 341 g/mol. The van der Waals surface area contributed by atoms with Crippen molar-refractivity contribution in [2.24, 2.45) is 0 Å². The van der Waals surface area contributed by atoms with Crippen LogP contribution in [0, 0.1) is 0 Å². The van der Waals surface area contributed by atoms with E-state index in [0.717, 1.165) is 45.0 Å². The van der Waals surface area contributed by atoms with Gasteiger partial charge in [-0.3, -0.25) is 14.5 Å². The van der Waals surface area contributed by atoms with Crippen molar-refractivity contribution >= 4 is 28.3 Å². The molecular formula is C15H23N3O4S. The molecule has 0 radical (unpaired) electrons. The van der Waals surface area contributed by atoms with Gasteiger partial charge in [-0.15, -0.1) is 11.3 Å². The number of aliphatic carboxylic acids is 1. The normalized spacial score (nSPS) is 15.5. The smallest absolute Gasteiger partial charge is 0.303 e. The molecule has 0 atom stereocenters. The zero-order valence-electron chi connectivity index (χ0n) is 13.1. The third-order valence-electron chi connectivity index (χ3n) is 3.58. The minimum atomic E-state index is -0.787. The molecule has 0 spiro atoms. The van der Waals surface area contributed by atoms with Crippen molar-refractivity contribution < 1.29 is 19.4 Å². The number of anilines is 1. The second-order valence-electron chi connectivity index (χ2n) is 5.54. The van der Waals surface area contributed by atoms with E-state index in [0.29, 0.717) is 24.4 Å². The summed E-state index contributed by atoms with van der Waals surface area (Å²) in [4.78, 5) is 28.9. The van der Waals surface area contributed by atoms with Crippen LogP contribution < -0.4 is 5.32 Å². The lowest BCUT2D eigenvalue weighted by atomic mass is 10.1. The Morgan fingerprint density at radius 1 is 1.26 bits per heavy atom. The highest BCUT2D eigenvalue weighted by atomic mass is 32.1. The van der Waals surface area contributed by atoms with Crippen LogP contribution in [-0.4, -0.2) is 53.2 Å². The fraction of sp³-hybridized carbons (Fsp3) is 0.667. The Balaban J connectivity index is 1.64. The third kappa shape index (κ3) is 7.06. The van der Waals surface area contributed by atoms with Gasteiger partial charge in [-0.25, -0.2) is 4.98 Å². The van der Waals surface area contributed by atoms with Crippen molar-refractivity contribution in [3.05, 3.63) is 11.1 Å². The number of carboxylic acid groups (broad SMARTS) is 1. The van der Waals surface area contributed by atoms with E-state index in [1.54, 1.807) is 0 Å². The van der Waals surface area contributed by atoms with Crippen LogP contribution in [0.15, 0.2) is 5.38 Å². The molecule has 7 nitrogen and oxygen atoms in total. The van der Waals surface area contributed by atoms with Crippen molar-refractivity contribution in [3.8, 4) is 0 Å². The summed E-state index contributed by atoms with van der Waals surface area (Å²) in [5.74, 6) is -0.849. The van der Waals surface area contributed by atoms with Gasteiger partial charge in [0, 0.05) is 37.9 Å². The van der Waals surface area contributed by atoms with E-state index in [1.165, 1.54) is 11.3 Å². The van der Waals surface area contributed by atoms with Crippen molar-refractivity contribution in [3.63, 3.8) is 0 Å². The van der Waals surface area contributed by atoms with E-state index >= 15 is 0 Å². The Kier molecular flexibility index (Phi) is 7.44. The number of ether oxygens (including phenoxy) is 1. The molecule has 0 saturated carbocycles. The molecule has 0 unspecified atom stereocenters. The number of amides is 1. The van der Waals surface area contributed by atoms with E-state index in [-0.39, 0.29) is 12.3 Å². The predicted molar refractivity (Wildman–Crippen MR) is 87.6 cm³/mol. The molecule has 2 N–H and O–H groups in total. The molecule has 1 aromatic heterocycles. The monoisotopic (exact) mass is 341 g/mol. The summed E-state index contributed by atoms with van der Waals surface area (Å²) in [5.41, 5.74) is 0.966. The summed E-state index contributed by atoms with van der Waals surface area (Å²) in [6, 6.07) is 0. The lowest BCUT2D eigenvalue weighted by molar-refractivity contribution is -0.137. The molecule has 2 rings (SSSR count). The van der Waals surface area contributed by atoms with Gasteiger partial charge in [-0.1, -0.05) is 6.42 Å². The van der Waals surface area contributed by atoms with Crippen LogP contribution in [0.3, 0.4) is 0 Å². The maximum atomic E-state index is 11.8. The molecule has 8 heteroatoms. The van der Waals surface area contributed by atoms with Gasteiger partial charge in [0.05, 0.1) is 18.9 Å². The van der Waals surface area contributed by atoms with Gasteiger partial charge < -0.3 is 15.2 Å².